The average molecular weight is 356 g/mol. The van der Waals surface area contributed by atoms with Crippen molar-refractivity contribution in [3.8, 4) is 0 Å². The Labute approximate surface area is 160 Å². The van der Waals surface area contributed by atoms with Gasteiger partial charge in [-0.05, 0) is 36.1 Å². The number of hydrogen-bond acceptors (Lipinski definition) is 2. The quantitative estimate of drug-likeness (QED) is 0.737. The summed E-state index contributed by atoms with van der Waals surface area (Å²) < 4.78 is 0. The molecular formula is C24H24N2O. The molecule has 0 bridgehead atoms. The highest BCUT2D eigenvalue weighted by molar-refractivity contribution is 5.98. The molecule has 27 heavy (non-hydrogen) atoms. The highest BCUT2D eigenvalue weighted by Gasteiger charge is 2.29. The molecule has 1 aliphatic heterocycles. The fourth-order valence-corrected chi connectivity index (χ4v) is 3.80. The standard InChI is InChI=1S/C24H24N2O/c1-18(24(27)26-17-16-19-10-8-9-15-22(19)26)25-23(20-11-4-2-5-12-20)21-13-6-3-7-14-21/h2-15,18,23,25H,16-17H2,1H3/t18-/m1/s1. The number of anilines is 1. The summed E-state index contributed by atoms with van der Waals surface area (Å²) in [6.45, 7) is 2.72. The summed E-state index contributed by atoms with van der Waals surface area (Å²) in [5.74, 6) is 0.122. The summed E-state index contributed by atoms with van der Waals surface area (Å²) in [6, 6.07) is 28.5. The highest BCUT2D eigenvalue weighted by Crippen LogP contribution is 2.29. The zero-order valence-corrected chi connectivity index (χ0v) is 15.5. The number of carbonyl (C=O) groups is 1. The van der Waals surface area contributed by atoms with Crippen molar-refractivity contribution in [2.75, 3.05) is 11.4 Å². The topological polar surface area (TPSA) is 32.3 Å². The first-order valence-corrected chi connectivity index (χ1v) is 9.49. The maximum Gasteiger partial charge on any atom is 0.243 e. The molecule has 4 rings (SSSR count). The molecule has 136 valence electrons. The van der Waals surface area contributed by atoms with Gasteiger partial charge in [0.1, 0.15) is 0 Å². The van der Waals surface area contributed by atoms with Crippen molar-refractivity contribution < 1.29 is 4.79 Å². The van der Waals surface area contributed by atoms with E-state index in [9.17, 15) is 4.79 Å². The zero-order valence-electron chi connectivity index (χ0n) is 15.5. The van der Waals surface area contributed by atoms with Crippen LogP contribution in [0.5, 0.6) is 0 Å². The smallest absolute Gasteiger partial charge is 0.243 e. The maximum absolute atomic E-state index is 13.2. The van der Waals surface area contributed by atoms with Crippen molar-refractivity contribution in [2.24, 2.45) is 0 Å². The molecule has 0 radical (unpaired) electrons. The van der Waals surface area contributed by atoms with Gasteiger partial charge in [-0.25, -0.2) is 0 Å². The second-order valence-electron chi connectivity index (χ2n) is 7.01. The first kappa shape index (κ1) is 17.5. The summed E-state index contributed by atoms with van der Waals surface area (Å²) >= 11 is 0. The van der Waals surface area contributed by atoms with E-state index in [1.54, 1.807) is 0 Å². The van der Waals surface area contributed by atoms with Crippen LogP contribution in [0.15, 0.2) is 84.9 Å². The lowest BCUT2D eigenvalue weighted by Crippen LogP contribution is -2.45. The Hall–Kier alpha value is -2.91. The molecule has 3 aromatic rings. The number of nitrogens with zero attached hydrogens (tertiary/aromatic N) is 1. The molecule has 0 saturated carbocycles. The Morgan fingerprint density at radius 3 is 2.04 bits per heavy atom. The van der Waals surface area contributed by atoms with Crippen LogP contribution in [0.4, 0.5) is 5.69 Å². The van der Waals surface area contributed by atoms with Crippen LogP contribution in [0.1, 0.15) is 29.7 Å². The zero-order chi connectivity index (χ0) is 18.6. The molecule has 0 unspecified atom stereocenters. The van der Waals surface area contributed by atoms with Gasteiger partial charge in [0.2, 0.25) is 5.91 Å². The number of fused-ring (bicyclic) bond motifs is 1. The van der Waals surface area contributed by atoms with E-state index in [-0.39, 0.29) is 18.0 Å². The third kappa shape index (κ3) is 3.64. The van der Waals surface area contributed by atoms with Crippen molar-refractivity contribution in [3.63, 3.8) is 0 Å². The number of nitrogens with one attached hydrogen (secondary N) is 1. The van der Waals surface area contributed by atoms with Gasteiger partial charge in [0.05, 0.1) is 12.1 Å². The Bertz CT molecular complexity index is 868. The van der Waals surface area contributed by atoms with Gasteiger partial charge < -0.3 is 4.90 Å². The van der Waals surface area contributed by atoms with E-state index in [1.807, 2.05) is 66.4 Å². The normalized spacial score (nSPS) is 14.2. The van der Waals surface area contributed by atoms with E-state index in [0.717, 1.165) is 29.8 Å². The van der Waals surface area contributed by atoms with Gasteiger partial charge >= 0.3 is 0 Å². The fourth-order valence-electron chi connectivity index (χ4n) is 3.80. The molecule has 0 spiro atoms. The Balaban J connectivity index is 1.57. The largest absolute Gasteiger partial charge is 0.310 e. The van der Waals surface area contributed by atoms with Crippen molar-refractivity contribution in [2.45, 2.75) is 25.4 Å². The van der Waals surface area contributed by atoms with Crippen LogP contribution >= 0.6 is 0 Å². The lowest BCUT2D eigenvalue weighted by molar-refractivity contribution is -0.120. The van der Waals surface area contributed by atoms with Crippen LogP contribution < -0.4 is 10.2 Å². The Morgan fingerprint density at radius 1 is 0.852 bits per heavy atom. The molecule has 0 fully saturated rings. The van der Waals surface area contributed by atoms with E-state index in [4.69, 9.17) is 0 Å². The van der Waals surface area contributed by atoms with E-state index in [2.05, 4.69) is 35.6 Å². The van der Waals surface area contributed by atoms with Gasteiger partial charge in [0, 0.05) is 12.2 Å². The molecule has 0 aromatic heterocycles. The lowest BCUT2D eigenvalue weighted by Gasteiger charge is -2.27. The number of benzene rings is 3. The summed E-state index contributed by atoms with van der Waals surface area (Å²) in [5, 5.41) is 3.57. The number of rotatable bonds is 5. The maximum atomic E-state index is 13.2. The molecule has 3 heteroatoms. The Kier molecular flexibility index (Phi) is 5.03. The lowest BCUT2D eigenvalue weighted by atomic mass is 9.98. The number of hydrogen-bond donors (Lipinski definition) is 1. The van der Waals surface area contributed by atoms with E-state index in [1.165, 1.54) is 5.56 Å². The number of para-hydroxylation sites is 1. The van der Waals surface area contributed by atoms with Crippen molar-refractivity contribution in [1.82, 2.24) is 5.32 Å². The van der Waals surface area contributed by atoms with Gasteiger partial charge in [-0.3, -0.25) is 10.1 Å². The summed E-state index contributed by atoms with van der Waals surface area (Å²) in [5.41, 5.74) is 4.61. The molecule has 1 heterocycles. The molecule has 0 saturated heterocycles. The van der Waals surface area contributed by atoms with E-state index < -0.39 is 0 Å². The molecule has 1 atom stereocenters. The minimum atomic E-state index is -0.290. The number of carbonyl (C=O) groups excluding carboxylic acids is 1. The second kappa shape index (κ2) is 7.77. The SMILES string of the molecule is C[C@@H](NC(c1ccccc1)c1ccccc1)C(=O)N1CCc2ccccc21. The second-order valence-corrected chi connectivity index (χ2v) is 7.01. The summed E-state index contributed by atoms with van der Waals surface area (Å²) in [6.07, 6.45) is 0.926. The monoisotopic (exact) mass is 356 g/mol. The van der Waals surface area contributed by atoms with Crippen molar-refractivity contribution in [1.29, 1.82) is 0 Å². The Morgan fingerprint density at radius 2 is 1.41 bits per heavy atom. The van der Waals surface area contributed by atoms with Crippen LogP contribution in [-0.4, -0.2) is 18.5 Å². The third-order valence-electron chi connectivity index (χ3n) is 5.21. The molecule has 0 aliphatic carbocycles. The van der Waals surface area contributed by atoms with Crippen molar-refractivity contribution in [3.05, 3.63) is 102 Å². The van der Waals surface area contributed by atoms with Gasteiger partial charge in [0.25, 0.3) is 0 Å². The number of amides is 1. The summed E-state index contributed by atoms with van der Waals surface area (Å²) in [4.78, 5) is 15.1. The van der Waals surface area contributed by atoms with E-state index >= 15 is 0 Å². The molecule has 1 N–H and O–H groups in total. The van der Waals surface area contributed by atoms with Gasteiger partial charge in [-0.1, -0.05) is 78.9 Å². The first-order chi connectivity index (χ1) is 13.2. The molecule has 1 aliphatic rings. The van der Waals surface area contributed by atoms with Crippen LogP contribution in [-0.2, 0) is 11.2 Å². The third-order valence-corrected chi connectivity index (χ3v) is 5.21. The summed E-state index contributed by atoms with van der Waals surface area (Å²) in [7, 11) is 0. The molecular weight excluding hydrogens is 332 g/mol. The highest BCUT2D eigenvalue weighted by atomic mass is 16.2. The molecule has 1 amide bonds. The van der Waals surface area contributed by atoms with Crippen LogP contribution in [0, 0.1) is 0 Å². The van der Waals surface area contributed by atoms with Crippen LogP contribution in [0.25, 0.3) is 0 Å². The average Bonchev–Trinajstić information content (AvgIpc) is 3.16. The molecule has 3 aromatic carbocycles. The fraction of sp³-hybridized carbons (Fsp3) is 0.208. The first-order valence-electron chi connectivity index (χ1n) is 9.49. The van der Waals surface area contributed by atoms with Crippen LogP contribution in [0.3, 0.4) is 0 Å². The predicted molar refractivity (Wildman–Crippen MR) is 110 cm³/mol. The van der Waals surface area contributed by atoms with Gasteiger partial charge in [-0.15, -0.1) is 0 Å². The minimum Gasteiger partial charge on any atom is -0.310 e. The molecule has 3 nitrogen and oxygen atoms in total. The van der Waals surface area contributed by atoms with Crippen LogP contribution in [0.2, 0.25) is 0 Å². The predicted octanol–water partition coefficient (Wildman–Crippen LogP) is 4.34. The van der Waals surface area contributed by atoms with E-state index in [0.29, 0.717) is 0 Å². The van der Waals surface area contributed by atoms with Gasteiger partial charge in [0.15, 0.2) is 0 Å². The minimum absolute atomic E-state index is 0.0239. The van der Waals surface area contributed by atoms with Gasteiger partial charge in [-0.2, -0.15) is 0 Å². The van der Waals surface area contributed by atoms with Crippen molar-refractivity contribution >= 4 is 11.6 Å².